The van der Waals surface area contributed by atoms with Crippen LogP contribution in [0.25, 0.3) is 0 Å². The second-order valence-corrected chi connectivity index (χ2v) is 8.27. The maximum Gasteiger partial charge on any atom is 0.242 e. The van der Waals surface area contributed by atoms with E-state index in [1.165, 1.54) is 11.0 Å². The van der Waals surface area contributed by atoms with E-state index in [0.29, 0.717) is 10.6 Å². The van der Waals surface area contributed by atoms with Crippen molar-refractivity contribution in [3.05, 3.63) is 70.5 Å². The lowest BCUT2D eigenvalue weighted by molar-refractivity contribution is -0.140. The van der Waals surface area contributed by atoms with Crippen molar-refractivity contribution >= 4 is 23.4 Å². The van der Waals surface area contributed by atoms with Crippen LogP contribution in [0.5, 0.6) is 0 Å². The lowest BCUT2D eigenvalue weighted by atomic mass is 10.1. The van der Waals surface area contributed by atoms with E-state index in [-0.39, 0.29) is 24.8 Å². The van der Waals surface area contributed by atoms with Crippen LogP contribution in [-0.4, -0.2) is 28.3 Å². The third-order valence-corrected chi connectivity index (χ3v) is 4.44. The molecular formula is C22H26ClFN2O2. The molecule has 0 bridgehead atoms. The summed E-state index contributed by atoms with van der Waals surface area (Å²) in [6.45, 7) is 7.26. The lowest BCUT2D eigenvalue weighted by Crippen LogP contribution is -2.52. The number of carbonyl (C=O) groups is 2. The molecule has 4 nitrogen and oxygen atoms in total. The molecule has 0 saturated carbocycles. The Balaban J connectivity index is 2.27. The fourth-order valence-electron chi connectivity index (χ4n) is 2.79. The molecule has 150 valence electrons. The molecule has 0 aliphatic rings. The van der Waals surface area contributed by atoms with E-state index in [4.69, 9.17) is 11.6 Å². The van der Waals surface area contributed by atoms with Crippen molar-refractivity contribution in [2.24, 2.45) is 0 Å². The third-order valence-electron chi connectivity index (χ3n) is 4.21. The molecule has 2 aromatic carbocycles. The van der Waals surface area contributed by atoms with Gasteiger partial charge in [0.15, 0.2) is 0 Å². The highest BCUT2D eigenvalue weighted by Crippen LogP contribution is 2.17. The van der Waals surface area contributed by atoms with Gasteiger partial charge in [0.1, 0.15) is 11.9 Å². The molecule has 0 saturated heterocycles. The first-order chi connectivity index (χ1) is 13.1. The molecule has 2 amide bonds. The zero-order chi connectivity index (χ0) is 20.9. The van der Waals surface area contributed by atoms with Crippen LogP contribution in [0.1, 0.15) is 38.8 Å². The van der Waals surface area contributed by atoms with Crippen LogP contribution >= 0.6 is 11.6 Å². The molecular weight excluding hydrogens is 379 g/mol. The molecule has 0 spiro atoms. The highest BCUT2D eigenvalue weighted by Gasteiger charge is 2.29. The fraction of sp³-hybridized carbons (Fsp3) is 0.364. The standard InChI is InChI=1S/C22H26ClFN2O2/c1-15(21(28)25-22(2,3)4)26(14-17-9-5-6-11-19(17)24)20(27)13-16-8-7-10-18(23)12-16/h5-12,15H,13-14H2,1-4H3,(H,25,28). The van der Waals surface area contributed by atoms with Crippen molar-refractivity contribution in [2.45, 2.75) is 52.2 Å². The summed E-state index contributed by atoms with van der Waals surface area (Å²) in [7, 11) is 0. The molecule has 0 fully saturated rings. The van der Waals surface area contributed by atoms with Crippen molar-refractivity contribution in [2.75, 3.05) is 0 Å². The van der Waals surface area contributed by atoms with E-state index in [1.807, 2.05) is 20.8 Å². The molecule has 0 aliphatic carbocycles. The Morgan fingerprint density at radius 3 is 2.43 bits per heavy atom. The summed E-state index contributed by atoms with van der Waals surface area (Å²) >= 11 is 6.01. The van der Waals surface area contributed by atoms with Crippen molar-refractivity contribution in [1.82, 2.24) is 10.2 Å². The van der Waals surface area contributed by atoms with Gasteiger partial charge in [-0.2, -0.15) is 0 Å². The second-order valence-electron chi connectivity index (χ2n) is 7.83. The van der Waals surface area contributed by atoms with Gasteiger partial charge in [0.25, 0.3) is 0 Å². The van der Waals surface area contributed by atoms with Gasteiger partial charge in [0.2, 0.25) is 11.8 Å². The van der Waals surface area contributed by atoms with E-state index in [0.717, 1.165) is 5.56 Å². The number of carbonyl (C=O) groups excluding carboxylic acids is 2. The van der Waals surface area contributed by atoms with Crippen LogP contribution in [0.4, 0.5) is 4.39 Å². The summed E-state index contributed by atoms with van der Waals surface area (Å²) in [5, 5.41) is 3.41. The molecule has 1 atom stereocenters. The van der Waals surface area contributed by atoms with Gasteiger partial charge in [-0.3, -0.25) is 9.59 Å². The molecule has 0 aromatic heterocycles. The molecule has 28 heavy (non-hydrogen) atoms. The first kappa shape index (κ1) is 21.9. The molecule has 0 radical (unpaired) electrons. The normalized spacial score (nSPS) is 12.4. The van der Waals surface area contributed by atoms with Crippen LogP contribution in [0.2, 0.25) is 5.02 Å². The van der Waals surface area contributed by atoms with Crippen LogP contribution in [0.15, 0.2) is 48.5 Å². The maximum absolute atomic E-state index is 14.2. The number of nitrogens with zero attached hydrogens (tertiary/aromatic N) is 1. The van der Waals surface area contributed by atoms with Gasteiger partial charge < -0.3 is 10.2 Å². The summed E-state index contributed by atoms with van der Waals surface area (Å²) in [4.78, 5) is 27.1. The summed E-state index contributed by atoms with van der Waals surface area (Å²) in [6, 6.07) is 12.5. The van der Waals surface area contributed by atoms with Gasteiger partial charge in [-0.1, -0.05) is 41.9 Å². The van der Waals surface area contributed by atoms with Gasteiger partial charge in [-0.05, 0) is 51.5 Å². The smallest absolute Gasteiger partial charge is 0.242 e. The maximum atomic E-state index is 14.2. The summed E-state index contributed by atoms with van der Waals surface area (Å²) in [5.74, 6) is -0.975. The van der Waals surface area contributed by atoms with Crippen molar-refractivity contribution in [3.8, 4) is 0 Å². The predicted molar refractivity (Wildman–Crippen MR) is 109 cm³/mol. The molecule has 2 aromatic rings. The Morgan fingerprint density at radius 1 is 1.14 bits per heavy atom. The van der Waals surface area contributed by atoms with Gasteiger partial charge in [0.05, 0.1) is 6.42 Å². The Bertz CT molecular complexity index is 848. The van der Waals surface area contributed by atoms with E-state index in [1.54, 1.807) is 49.4 Å². The molecule has 1 unspecified atom stereocenters. The van der Waals surface area contributed by atoms with Crippen molar-refractivity contribution < 1.29 is 14.0 Å². The average Bonchev–Trinajstić information content (AvgIpc) is 2.59. The lowest BCUT2D eigenvalue weighted by Gasteiger charge is -2.31. The third kappa shape index (κ3) is 6.34. The van der Waals surface area contributed by atoms with E-state index in [9.17, 15) is 14.0 Å². The summed E-state index contributed by atoms with van der Waals surface area (Å²) in [6.07, 6.45) is 0.0716. The molecule has 2 rings (SSSR count). The van der Waals surface area contributed by atoms with Crippen LogP contribution in [-0.2, 0) is 22.6 Å². The molecule has 0 heterocycles. The number of nitrogens with one attached hydrogen (secondary N) is 1. The van der Waals surface area contributed by atoms with Crippen molar-refractivity contribution in [3.63, 3.8) is 0 Å². The van der Waals surface area contributed by atoms with Crippen LogP contribution in [0.3, 0.4) is 0 Å². The minimum absolute atomic E-state index is 0.00476. The number of benzene rings is 2. The van der Waals surface area contributed by atoms with Gasteiger partial charge in [-0.15, -0.1) is 0 Å². The van der Waals surface area contributed by atoms with Crippen LogP contribution in [0, 0.1) is 5.82 Å². The number of rotatable bonds is 6. The largest absolute Gasteiger partial charge is 0.350 e. The summed E-state index contributed by atoms with van der Waals surface area (Å²) < 4.78 is 14.2. The van der Waals surface area contributed by atoms with Crippen LogP contribution < -0.4 is 5.32 Å². The topological polar surface area (TPSA) is 49.4 Å². The second kappa shape index (κ2) is 9.20. The Kier molecular flexibility index (Phi) is 7.19. The quantitative estimate of drug-likeness (QED) is 0.777. The Labute approximate surface area is 170 Å². The van der Waals surface area contributed by atoms with E-state index in [2.05, 4.69) is 5.32 Å². The SMILES string of the molecule is CC(C(=O)NC(C)(C)C)N(Cc1ccccc1F)C(=O)Cc1cccc(Cl)c1. The fourth-order valence-corrected chi connectivity index (χ4v) is 3.00. The number of hydrogen-bond donors (Lipinski definition) is 1. The Morgan fingerprint density at radius 2 is 1.82 bits per heavy atom. The van der Waals surface area contributed by atoms with E-state index < -0.39 is 17.4 Å². The van der Waals surface area contributed by atoms with Gasteiger partial charge in [-0.25, -0.2) is 4.39 Å². The monoisotopic (exact) mass is 404 g/mol. The highest BCUT2D eigenvalue weighted by atomic mass is 35.5. The summed E-state index contributed by atoms with van der Waals surface area (Å²) in [5.41, 5.74) is 0.655. The zero-order valence-corrected chi connectivity index (χ0v) is 17.4. The molecule has 6 heteroatoms. The van der Waals surface area contributed by atoms with Crippen molar-refractivity contribution in [1.29, 1.82) is 0 Å². The first-order valence-electron chi connectivity index (χ1n) is 9.16. The molecule has 1 N–H and O–H groups in total. The molecule has 0 aliphatic heterocycles. The number of hydrogen-bond acceptors (Lipinski definition) is 2. The predicted octanol–water partition coefficient (Wildman–Crippen LogP) is 4.35. The van der Waals surface area contributed by atoms with E-state index >= 15 is 0 Å². The Hall–Kier alpha value is -2.40. The first-order valence-corrected chi connectivity index (χ1v) is 9.54. The van der Waals surface area contributed by atoms with Gasteiger partial charge >= 0.3 is 0 Å². The minimum Gasteiger partial charge on any atom is -0.350 e. The number of halogens is 2. The van der Waals surface area contributed by atoms with Gasteiger partial charge in [0, 0.05) is 22.7 Å². The zero-order valence-electron chi connectivity index (χ0n) is 16.6. The average molecular weight is 405 g/mol. The highest BCUT2D eigenvalue weighted by molar-refractivity contribution is 6.30. The number of amides is 2. The minimum atomic E-state index is -0.759.